The Hall–Kier alpha value is -1.16. The van der Waals surface area contributed by atoms with Gasteiger partial charge in [0, 0.05) is 25.8 Å². The van der Waals surface area contributed by atoms with Gasteiger partial charge >= 0.3 is 6.09 Å². The minimum atomic E-state index is -0.651. The number of amides is 1. The smallest absolute Gasteiger partial charge is 0.410 e. The maximum absolute atomic E-state index is 13.8. The molecule has 2 atom stereocenters. The van der Waals surface area contributed by atoms with Crippen molar-refractivity contribution in [1.82, 2.24) is 9.88 Å². The van der Waals surface area contributed by atoms with E-state index in [0.717, 1.165) is 0 Å². The van der Waals surface area contributed by atoms with E-state index in [-0.39, 0.29) is 30.4 Å². The summed E-state index contributed by atoms with van der Waals surface area (Å²) in [5, 5.41) is 0. The molecule has 1 amide bonds. The molecule has 1 aliphatic rings. The van der Waals surface area contributed by atoms with Crippen molar-refractivity contribution >= 4 is 28.7 Å². The first kappa shape index (κ1) is 20.2. The van der Waals surface area contributed by atoms with Crippen LogP contribution in [0.2, 0.25) is 0 Å². The van der Waals surface area contributed by atoms with E-state index in [1.54, 1.807) is 18.1 Å². The van der Waals surface area contributed by atoms with Gasteiger partial charge < -0.3 is 19.1 Å². The summed E-state index contributed by atoms with van der Waals surface area (Å²) in [5.41, 5.74) is -0.577. The molecule has 8 heteroatoms. The first-order chi connectivity index (χ1) is 11.7. The van der Waals surface area contributed by atoms with Gasteiger partial charge in [0.05, 0.1) is 16.2 Å². The lowest BCUT2D eigenvalue weighted by atomic mass is 10.1. The fourth-order valence-electron chi connectivity index (χ4n) is 2.78. The van der Waals surface area contributed by atoms with E-state index in [0.29, 0.717) is 23.1 Å². The van der Waals surface area contributed by atoms with Crippen LogP contribution in [0, 0.1) is 15.4 Å². The van der Waals surface area contributed by atoms with E-state index in [4.69, 9.17) is 14.2 Å². The summed E-state index contributed by atoms with van der Waals surface area (Å²) >= 11 is 2.00. The summed E-state index contributed by atoms with van der Waals surface area (Å²) in [6.07, 6.45) is 1.72. The second-order valence-electron chi connectivity index (χ2n) is 7.07. The van der Waals surface area contributed by atoms with Crippen LogP contribution in [-0.4, -0.2) is 54.5 Å². The van der Waals surface area contributed by atoms with Gasteiger partial charge in [0.25, 0.3) is 5.95 Å². The maximum atomic E-state index is 13.8. The van der Waals surface area contributed by atoms with Gasteiger partial charge in [0.15, 0.2) is 5.75 Å². The molecule has 140 valence electrons. The minimum absolute atomic E-state index is 0.113. The van der Waals surface area contributed by atoms with Crippen molar-refractivity contribution in [3.05, 3.63) is 21.8 Å². The maximum Gasteiger partial charge on any atom is 0.410 e. The number of halogens is 2. The average Bonchev–Trinajstić information content (AvgIpc) is 2.88. The molecule has 0 spiro atoms. The summed E-state index contributed by atoms with van der Waals surface area (Å²) < 4.78 is 30.8. The number of likely N-dealkylation sites (tertiary alicyclic amines) is 1. The molecule has 0 radical (unpaired) electrons. The fraction of sp³-hybridized carbons (Fsp3) is 0.647. The van der Waals surface area contributed by atoms with Gasteiger partial charge in [-0.3, -0.25) is 0 Å². The Balaban J connectivity index is 2.08. The van der Waals surface area contributed by atoms with Crippen molar-refractivity contribution < 1.29 is 23.4 Å². The van der Waals surface area contributed by atoms with Crippen LogP contribution in [0.5, 0.6) is 5.75 Å². The lowest BCUT2D eigenvalue weighted by Gasteiger charge is -2.28. The van der Waals surface area contributed by atoms with Crippen molar-refractivity contribution in [3.63, 3.8) is 0 Å². The van der Waals surface area contributed by atoms with Crippen LogP contribution in [-0.2, 0) is 9.47 Å². The van der Waals surface area contributed by atoms with Gasteiger partial charge in [-0.15, -0.1) is 0 Å². The average molecular weight is 466 g/mol. The number of pyridine rings is 1. The Labute approximate surface area is 161 Å². The van der Waals surface area contributed by atoms with E-state index in [1.165, 1.54) is 6.20 Å². The summed E-state index contributed by atoms with van der Waals surface area (Å²) in [6.45, 7) is 6.74. The zero-order valence-electron chi connectivity index (χ0n) is 14.9. The highest BCUT2D eigenvalue weighted by Crippen LogP contribution is 2.28. The van der Waals surface area contributed by atoms with Gasteiger partial charge in [-0.1, -0.05) is 0 Å². The highest BCUT2D eigenvalue weighted by Gasteiger charge is 2.38. The lowest BCUT2D eigenvalue weighted by molar-refractivity contribution is 0.0177. The van der Waals surface area contributed by atoms with E-state index < -0.39 is 11.5 Å². The summed E-state index contributed by atoms with van der Waals surface area (Å²) in [7, 11) is 1.63. The standard InChI is InChI=1S/C17H24FIN2O4/c1-17(2,3)25-16(22)21-8-11(9-23-4)7-12(21)10-24-14-13(19)5-6-20-15(14)18/h5-6,11-12H,7-10H2,1-4H3/t11?,12-/m0/s1. The molecule has 6 nitrogen and oxygen atoms in total. The molecule has 25 heavy (non-hydrogen) atoms. The van der Waals surface area contributed by atoms with E-state index in [2.05, 4.69) is 4.98 Å². The van der Waals surface area contributed by atoms with Crippen LogP contribution in [0.4, 0.5) is 9.18 Å². The van der Waals surface area contributed by atoms with Crippen molar-refractivity contribution in [2.24, 2.45) is 5.92 Å². The molecule has 0 N–H and O–H groups in total. The molecule has 1 aromatic rings. The molecule has 1 unspecified atom stereocenters. The van der Waals surface area contributed by atoms with Gasteiger partial charge in [-0.05, 0) is 55.8 Å². The first-order valence-corrected chi connectivity index (χ1v) is 9.20. The van der Waals surface area contributed by atoms with Crippen LogP contribution in [0.25, 0.3) is 0 Å². The number of hydrogen-bond donors (Lipinski definition) is 0. The van der Waals surface area contributed by atoms with E-state index >= 15 is 0 Å². The first-order valence-electron chi connectivity index (χ1n) is 8.12. The van der Waals surface area contributed by atoms with Crippen LogP contribution < -0.4 is 4.74 Å². The molecule has 1 fully saturated rings. The monoisotopic (exact) mass is 466 g/mol. The van der Waals surface area contributed by atoms with Crippen LogP contribution in [0.15, 0.2) is 12.3 Å². The fourth-order valence-corrected chi connectivity index (χ4v) is 3.32. The Morgan fingerprint density at radius 1 is 1.44 bits per heavy atom. The topological polar surface area (TPSA) is 60.9 Å². The molecule has 0 saturated carbocycles. The number of carbonyl (C=O) groups excluding carboxylic acids is 1. The third-order valence-electron chi connectivity index (χ3n) is 3.76. The molecule has 1 aliphatic heterocycles. The third-order valence-corrected chi connectivity index (χ3v) is 4.61. The van der Waals surface area contributed by atoms with Gasteiger partial charge in [-0.2, -0.15) is 4.39 Å². The predicted molar refractivity (Wildman–Crippen MR) is 99.1 cm³/mol. The van der Waals surface area contributed by atoms with E-state index in [9.17, 15) is 9.18 Å². The van der Waals surface area contributed by atoms with Crippen LogP contribution in [0.3, 0.4) is 0 Å². The third kappa shape index (κ3) is 5.67. The highest BCUT2D eigenvalue weighted by molar-refractivity contribution is 14.1. The zero-order valence-corrected chi connectivity index (χ0v) is 17.1. The minimum Gasteiger partial charge on any atom is -0.486 e. The quantitative estimate of drug-likeness (QED) is 0.492. The number of nitrogens with zero attached hydrogens (tertiary/aromatic N) is 2. The number of methoxy groups -OCH3 is 1. The molecule has 2 heterocycles. The van der Waals surface area contributed by atoms with Gasteiger partial charge in [0.1, 0.15) is 12.2 Å². The molecular weight excluding hydrogens is 442 g/mol. The molecule has 0 aliphatic carbocycles. The van der Waals surface area contributed by atoms with Crippen LogP contribution in [0.1, 0.15) is 27.2 Å². The Morgan fingerprint density at radius 3 is 2.76 bits per heavy atom. The summed E-state index contributed by atoms with van der Waals surface area (Å²) in [6, 6.07) is 1.47. The SMILES string of the molecule is COCC1C[C@@H](COc2c(I)ccnc2F)N(C(=O)OC(C)(C)C)C1. The number of ether oxygens (including phenoxy) is 3. The van der Waals surface area contributed by atoms with Crippen molar-refractivity contribution in [1.29, 1.82) is 0 Å². The molecule has 1 saturated heterocycles. The largest absolute Gasteiger partial charge is 0.486 e. The normalized spacial score (nSPS) is 20.6. The van der Waals surface area contributed by atoms with Crippen LogP contribution >= 0.6 is 22.6 Å². The summed E-state index contributed by atoms with van der Waals surface area (Å²) in [4.78, 5) is 17.7. The zero-order chi connectivity index (χ0) is 18.6. The van der Waals surface area contributed by atoms with Gasteiger partial charge in [0.2, 0.25) is 0 Å². The summed E-state index contributed by atoms with van der Waals surface area (Å²) in [5.74, 6) is -0.339. The van der Waals surface area contributed by atoms with Crippen molar-refractivity contribution in [2.45, 2.75) is 38.8 Å². The van der Waals surface area contributed by atoms with Crippen molar-refractivity contribution in [2.75, 3.05) is 26.9 Å². The molecule has 0 aromatic carbocycles. The predicted octanol–water partition coefficient (Wildman–Crippen LogP) is 3.48. The van der Waals surface area contributed by atoms with E-state index in [1.807, 2.05) is 43.4 Å². The van der Waals surface area contributed by atoms with Crippen molar-refractivity contribution in [3.8, 4) is 5.75 Å². The molecule has 2 rings (SSSR count). The Kier molecular flexibility index (Phi) is 6.84. The number of carbonyl (C=O) groups is 1. The second kappa shape index (κ2) is 8.48. The number of aromatic nitrogens is 1. The number of hydrogen-bond acceptors (Lipinski definition) is 5. The van der Waals surface area contributed by atoms with Gasteiger partial charge in [-0.25, -0.2) is 9.78 Å². The second-order valence-corrected chi connectivity index (χ2v) is 8.23. The molecule has 1 aromatic heterocycles. The lowest BCUT2D eigenvalue weighted by Crippen LogP contribution is -2.42. The highest BCUT2D eigenvalue weighted by atomic mass is 127. The number of rotatable bonds is 5. The Morgan fingerprint density at radius 2 is 2.16 bits per heavy atom. The molecular formula is C17H24FIN2O4. The molecule has 0 bridgehead atoms. The Bertz CT molecular complexity index is 589.